The van der Waals surface area contributed by atoms with Gasteiger partial charge in [-0.2, -0.15) is 4.73 Å². The number of hydrogen-bond donors (Lipinski definition) is 2. The fourth-order valence-corrected chi connectivity index (χ4v) is 2.83. The maximum Gasteiger partial charge on any atom is 0.250 e. The molecule has 3 rings (SSSR count). The summed E-state index contributed by atoms with van der Waals surface area (Å²) in [6, 6.07) is 6.91. The molecule has 1 aliphatic rings. The molecule has 1 atom stereocenters. The van der Waals surface area contributed by atoms with Gasteiger partial charge in [0.15, 0.2) is 5.69 Å². The second kappa shape index (κ2) is 4.20. The molecule has 3 N–H and O–H groups in total. The summed E-state index contributed by atoms with van der Waals surface area (Å²) in [5.74, 6) is -0.554. The van der Waals surface area contributed by atoms with Crippen molar-refractivity contribution in [1.82, 2.24) is 0 Å². The zero-order chi connectivity index (χ0) is 13.6. The summed E-state index contributed by atoms with van der Waals surface area (Å²) in [6.07, 6.45) is 0.782. The normalized spacial score (nSPS) is 18.3. The van der Waals surface area contributed by atoms with Crippen molar-refractivity contribution in [1.29, 1.82) is 0 Å². The van der Waals surface area contributed by atoms with Crippen LogP contribution < -0.4 is 10.5 Å². The predicted octanol–water partition coefficient (Wildman–Crippen LogP) is 0.422. The minimum atomic E-state index is -0.554. The number of aromatic nitrogens is 1. The molecule has 19 heavy (non-hydrogen) atoms. The first kappa shape index (κ1) is 11.9. The quantitative estimate of drug-likeness (QED) is 0.573. The molecular weight excluding hydrogens is 244 g/mol. The average Bonchev–Trinajstić information content (AvgIpc) is 2.38. The van der Waals surface area contributed by atoms with Gasteiger partial charge in [-0.25, -0.2) is 0 Å². The molecule has 98 valence electrons. The SMILES string of the molecule is NC(=O)c1c2c([n+]([O-])c3ccccc13)CCC(O)C2. The van der Waals surface area contributed by atoms with Crippen molar-refractivity contribution >= 4 is 16.8 Å². The van der Waals surface area contributed by atoms with E-state index in [4.69, 9.17) is 5.73 Å². The second-order valence-corrected chi connectivity index (χ2v) is 4.87. The van der Waals surface area contributed by atoms with E-state index in [1.807, 2.05) is 0 Å². The number of pyridine rings is 1. The van der Waals surface area contributed by atoms with Gasteiger partial charge in [0.1, 0.15) is 0 Å². The van der Waals surface area contributed by atoms with Gasteiger partial charge >= 0.3 is 0 Å². The van der Waals surface area contributed by atoms with Crippen molar-refractivity contribution in [3.8, 4) is 0 Å². The molecule has 0 aliphatic heterocycles. The monoisotopic (exact) mass is 258 g/mol. The number of para-hydroxylation sites is 1. The van der Waals surface area contributed by atoms with Crippen LogP contribution in [0.3, 0.4) is 0 Å². The third kappa shape index (κ3) is 1.74. The highest BCUT2D eigenvalue weighted by atomic mass is 16.5. The lowest BCUT2D eigenvalue weighted by molar-refractivity contribution is -0.587. The van der Waals surface area contributed by atoms with Gasteiger partial charge in [0.2, 0.25) is 11.4 Å². The van der Waals surface area contributed by atoms with Gasteiger partial charge in [0.25, 0.3) is 0 Å². The lowest BCUT2D eigenvalue weighted by atomic mass is 9.88. The summed E-state index contributed by atoms with van der Waals surface area (Å²) < 4.78 is 0.864. The maximum atomic E-state index is 12.3. The number of carbonyl (C=O) groups excluding carboxylic acids is 1. The van der Waals surface area contributed by atoms with Crippen molar-refractivity contribution in [2.45, 2.75) is 25.4 Å². The molecule has 0 saturated heterocycles. The van der Waals surface area contributed by atoms with Crippen molar-refractivity contribution in [3.05, 3.63) is 46.3 Å². The Bertz CT molecular complexity index is 682. The highest BCUT2D eigenvalue weighted by Crippen LogP contribution is 2.27. The van der Waals surface area contributed by atoms with E-state index in [1.165, 1.54) is 0 Å². The predicted molar refractivity (Wildman–Crippen MR) is 69.5 cm³/mol. The molecular formula is C14H14N2O3. The van der Waals surface area contributed by atoms with E-state index in [2.05, 4.69) is 0 Å². The van der Waals surface area contributed by atoms with Crippen molar-refractivity contribution in [3.63, 3.8) is 0 Å². The first-order valence-corrected chi connectivity index (χ1v) is 6.23. The summed E-state index contributed by atoms with van der Waals surface area (Å²) in [6.45, 7) is 0. The Morgan fingerprint density at radius 2 is 2.16 bits per heavy atom. The number of benzene rings is 1. The fourth-order valence-electron chi connectivity index (χ4n) is 2.83. The number of aliphatic hydroxyl groups excluding tert-OH is 1. The summed E-state index contributed by atoms with van der Waals surface area (Å²) in [4.78, 5) is 11.7. The van der Waals surface area contributed by atoms with Crippen molar-refractivity contribution < 1.29 is 14.6 Å². The van der Waals surface area contributed by atoms with Crippen LogP contribution in [0.15, 0.2) is 24.3 Å². The van der Waals surface area contributed by atoms with E-state index in [9.17, 15) is 15.1 Å². The number of rotatable bonds is 1. The topological polar surface area (TPSA) is 90.3 Å². The van der Waals surface area contributed by atoms with Crippen LogP contribution >= 0.6 is 0 Å². The van der Waals surface area contributed by atoms with Gasteiger partial charge in [-0.1, -0.05) is 12.1 Å². The lowest BCUT2D eigenvalue weighted by Crippen LogP contribution is -2.40. The second-order valence-electron chi connectivity index (χ2n) is 4.87. The number of nitrogens with two attached hydrogens (primary N) is 1. The van der Waals surface area contributed by atoms with E-state index in [0.29, 0.717) is 47.0 Å². The molecule has 1 aromatic heterocycles. The summed E-state index contributed by atoms with van der Waals surface area (Å²) in [5.41, 5.74) is 7.44. The molecule has 0 spiro atoms. The minimum Gasteiger partial charge on any atom is -0.618 e. The molecule has 1 aliphatic carbocycles. The Balaban J connectivity index is 2.43. The van der Waals surface area contributed by atoms with Gasteiger partial charge in [-0.05, 0) is 12.5 Å². The number of nitrogens with zero attached hydrogens (tertiary/aromatic N) is 1. The number of amides is 1. The van der Waals surface area contributed by atoms with Crippen LogP contribution in [-0.4, -0.2) is 17.1 Å². The van der Waals surface area contributed by atoms with E-state index in [1.54, 1.807) is 24.3 Å². The summed E-state index contributed by atoms with van der Waals surface area (Å²) >= 11 is 0. The van der Waals surface area contributed by atoms with Crippen LogP contribution in [0.4, 0.5) is 0 Å². The van der Waals surface area contributed by atoms with Gasteiger partial charge in [0.05, 0.1) is 17.1 Å². The van der Waals surface area contributed by atoms with E-state index >= 15 is 0 Å². The standard InChI is InChI=1S/C14H14N2O3/c15-14(18)13-9-3-1-2-4-11(9)16(19)12-6-5-8(17)7-10(12)13/h1-4,8,17H,5-7H2,(H2,15,18). The lowest BCUT2D eigenvalue weighted by Gasteiger charge is -2.22. The molecule has 5 heteroatoms. The number of hydrogen-bond acceptors (Lipinski definition) is 3. The van der Waals surface area contributed by atoms with Crippen molar-refractivity contribution in [2.24, 2.45) is 5.73 Å². The smallest absolute Gasteiger partial charge is 0.250 e. The Labute approximate surface area is 109 Å². The van der Waals surface area contributed by atoms with Gasteiger partial charge in [-0.15, -0.1) is 0 Å². The molecule has 0 fully saturated rings. The maximum absolute atomic E-state index is 12.3. The molecule has 0 saturated carbocycles. The zero-order valence-corrected chi connectivity index (χ0v) is 10.3. The highest BCUT2D eigenvalue weighted by Gasteiger charge is 2.30. The zero-order valence-electron chi connectivity index (χ0n) is 10.3. The van der Waals surface area contributed by atoms with Crippen LogP contribution in [0.2, 0.25) is 0 Å². The number of fused-ring (bicyclic) bond motifs is 2. The Morgan fingerprint density at radius 3 is 2.89 bits per heavy atom. The van der Waals surface area contributed by atoms with Crippen LogP contribution in [-0.2, 0) is 12.8 Å². The third-order valence-electron chi connectivity index (χ3n) is 3.69. The average molecular weight is 258 g/mol. The first-order valence-electron chi connectivity index (χ1n) is 6.23. The Morgan fingerprint density at radius 1 is 1.42 bits per heavy atom. The highest BCUT2D eigenvalue weighted by molar-refractivity contribution is 6.06. The fraction of sp³-hybridized carbons (Fsp3) is 0.286. The van der Waals surface area contributed by atoms with Gasteiger partial charge in [-0.3, -0.25) is 4.79 Å². The minimum absolute atomic E-state index is 0.306. The molecule has 0 bridgehead atoms. The first-order chi connectivity index (χ1) is 9.09. The van der Waals surface area contributed by atoms with Gasteiger partial charge < -0.3 is 16.0 Å². The largest absolute Gasteiger partial charge is 0.618 e. The molecule has 1 heterocycles. The molecule has 1 aromatic carbocycles. The molecule has 0 radical (unpaired) electrons. The number of primary amides is 1. The van der Waals surface area contributed by atoms with Crippen LogP contribution in [0.25, 0.3) is 10.9 Å². The third-order valence-corrected chi connectivity index (χ3v) is 3.69. The summed E-state index contributed by atoms with van der Waals surface area (Å²) in [5, 5.41) is 22.7. The molecule has 1 amide bonds. The van der Waals surface area contributed by atoms with Crippen LogP contribution in [0, 0.1) is 5.21 Å². The van der Waals surface area contributed by atoms with Crippen LogP contribution in [0.1, 0.15) is 28.0 Å². The Kier molecular flexibility index (Phi) is 2.64. The van der Waals surface area contributed by atoms with E-state index < -0.39 is 12.0 Å². The Hall–Kier alpha value is -2.14. The molecule has 5 nitrogen and oxygen atoms in total. The van der Waals surface area contributed by atoms with Gasteiger partial charge in [0, 0.05) is 24.5 Å². The summed E-state index contributed by atoms with van der Waals surface area (Å²) in [7, 11) is 0. The van der Waals surface area contributed by atoms with Crippen molar-refractivity contribution in [2.75, 3.05) is 0 Å². The molecule has 1 unspecified atom stereocenters. The number of aliphatic hydroxyl groups is 1. The molecule has 2 aromatic rings. The van der Waals surface area contributed by atoms with Crippen LogP contribution in [0.5, 0.6) is 0 Å². The van der Waals surface area contributed by atoms with E-state index in [0.717, 1.165) is 4.73 Å². The number of carbonyl (C=O) groups is 1. The van der Waals surface area contributed by atoms with E-state index in [-0.39, 0.29) is 0 Å².